The zero-order valence-electron chi connectivity index (χ0n) is 14.6. The van der Waals surface area contributed by atoms with Crippen LogP contribution in [0.5, 0.6) is 0 Å². The molecule has 0 saturated heterocycles. The second-order valence-corrected chi connectivity index (χ2v) is 5.86. The van der Waals surface area contributed by atoms with Gasteiger partial charge in [0.15, 0.2) is 0 Å². The predicted octanol–water partition coefficient (Wildman–Crippen LogP) is 3.89. The normalized spacial score (nSPS) is 10.2. The lowest BCUT2D eigenvalue weighted by Crippen LogP contribution is -2.30. The minimum atomic E-state index is -0.270. The third-order valence-corrected chi connectivity index (χ3v) is 3.88. The maximum Gasteiger partial charge on any atom is 0.320 e. The summed E-state index contributed by atoms with van der Waals surface area (Å²) < 4.78 is 0. The fourth-order valence-electron chi connectivity index (χ4n) is 2.48. The van der Waals surface area contributed by atoms with E-state index in [1.165, 1.54) is 5.56 Å². The lowest BCUT2D eigenvalue weighted by molar-refractivity contribution is 0.252. The van der Waals surface area contributed by atoms with Crippen LogP contribution in [0, 0.1) is 6.92 Å². The van der Waals surface area contributed by atoms with Gasteiger partial charge in [-0.1, -0.05) is 18.2 Å². The minimum absolute atomic E-state index is 0.270. The number of nitrogens with one attached hydrogen (secondary N) is 3. The molecule has 0 saturated carbocycles. The van der Waals surface area contributed by atoms with Crippen molar-refractivity contribution >= 4 is 23.2 Å². The van der Waals surface area contributed by atoms with Crippen molar-refractivity contribution in [3.63, 3.8) is 0 Å². The molecule has 0 fully saturated rings. The number of hydrogen-bond acceptors (Lipinski definition) is 4. The number of urea groups is 1. The minimum Gasteiger partial charge on any atom is -0.354 e. The second-order valence-electron chi connectivity index (χ2n) is 5.86. The Morgan fingerprint density at radius 2 is 1.85 bits per heavy atom. The van der Waals surface area contributed by atoms with Crippen molar-refractivity contribution in [3.05, 3.63) is 78.2 Å². The van der Waals surface area contributed by atoms with Crippen molar-refractivity contribution in [3.8, 4) is 0 Å². The van der Waals surface area contributed by atoms with Gasteiger partial charge in [-0.25, -0.2) is 9.78 Å². The fourth-order valence-corrected chi connectivity index (χ4v) is 2.48. The molecule has 132 valence electrons. The Labute approximate surface area is 152 Å². The average Bonchev–Trinajstić information content (AvgIpc) is 2.66. The number of para-hydroxylation sites is 1. The Bertz CT molecular complexity index is 850. The Morgan fingerprint density at radius 3 is 2.58 bits per heavy atom. The van der Waals surface area contributed by atoms with E-state index in [1.54, 1.807) is 18.5 Å². The summed E-state index contributed by atoms with van der Waals surface area (Å²) >= 11 is 0. The Kier molecular flexibility index (Phi) is 5.77. The molecule has 0 aliphatic carbocycles. The maximum absolute atomic E-state index is 12.0. The van der Waals surface area contributed by atoms with Crippen LogP contribution >= 0.6 is 0 Å². The van der Waals surface area contributed by atoms with Crippen LogP contribution in [0.15, 0.2) is 67.1 Å². The van der Waals surface area contributed by atoms with Gasteiger partial charge < -0.3 is 10.6 Å². The number of anilines is 3. The van der Waals surface area contributed by atoms with E-state index in [1.807, 2.05) is 55.6 Å². The van der Waals surface area contributed by atoms with E-state index in [2.05, 4.69) is 25.9 Å². The van der Waals surface area contributed by atoms with Crippen LogP contribution < -0.4 is 16.0 Å². The molecular weight excluding hydrogens is 326 g/mol. The number of carbonyl (C=O) groups is 1. The molecular formula is C20H21N5O. The Hall–Kier alpha value is -3.41. The number of nitrogens with zero attached hydrogens (tertiary/aromatic N) is 2. The van der Waals surface area contributed by atoms with Crippen LogP contribution in [0.2, 0.25) is 0 Å². The number of benzene rings is 1. The van der Waals surface area contributed by atoms with Crippen molar-refractivity contribution < 1.29 is 4.79 Å². The first-order chi connectivity index (χ1) is 12.7. The first kappa shape index (κ1) is 17.4. The number of pyridine rings is 2. The SMILES string of the molecule is Cc1cnccc1CCNC(=O)Nc1ccc(Nc2ccccc2)cn1. The van der Waals surface area contributed by atoms with Crippen molar-refractivity contribution in [1.82, 2.24) is 15.3 Å². The van der Waals surface area contributed by atoms with E-state index in [9.17, 15) is 4.79 Å². The van der Waals surface area contributed by atoms with Crippen LogP contribution in [0.3, 0.4) is 0 Å². The lowest BCUT2D eigenvalue weighted by Gasteiger charge is -2.09. The van der Waals surface area contributed by atoms with Gasteiger partial charge in [-0.3, -0.25) is 10.3 Å². The summed E-state index contributed by atoms with van der Waals surface area (Å²) in [4.78, 5) is 20.3. The molecule has 0 bridgehead atoms. The number of amides is 2. The molecule has 0 atom stereocenters. The molecule has 0 unspecified atom stereocenters. The number of hydrogen-bond donors (Lipinski definition) is 3. The molecule has 3 N–H and O–H groups in total. The van der Waals surface area contributed by atoms with E-state index < -0.39 is 0 Å². The van der Waals surface area contributed by atoms with E-state index in [4.69, 9.17) is 0 Å². The molecule has 2 aromatic heterocycles. The summed E-state index contributed by atoms with van der Waals surface area (Å²) in [7, 11) is 0. The maximum atomic E-state index is 12.0. The summed E-state index contributed by atoms with van der Waals surface area (Å²) in [5.41, 5.74) is 4.14. The number of carbonyl (C=O) groups excluding carboxylic acids is 1. The summed E-state index contributed by atoms with van der Waals surface area (Å²) in [6.45, 7) is 2.56. The third kappa shape index (κ3) is 5.04. The number of aryl methyl sites for hydroxylation is 1. The van der Waals surface area contributed by atoms with Gasteiger partial charge >= 0.3 is 6.03 Å². The first-order valence-electron chi connectivity index (χ1n) is 8.43. The second kappa shape index (κ2) is 8.62. The fraction of sp³-hybridized carbons (Fsp3) is 0.150. The van der Waals surface area contributed by atoms with Gasteiger partial charge in [0, 0.05) is 24.6 Å². The Balaban J connectivity index is 1.46. The van der Waals surface area contributed by atoms with Crippen molar-refractivity contribution in [2.24, 2.45) is 0 Å². The molecule has 6 heteroatoms. The monoisotopic (exact) mass is 347 g/mol. The predicted molar refractivity (Wildman–Crippen MR) is 104 cm³/mol. The van der Waals surface area contributed by atoms with E-state index in [-0.39, 0.29) is 6.03 Å². The standard InChI is InChI=1S/C20H21N5O/c1-15-13-21-11-9-16(15)10-12-22-20(26)25-19-8-7-18(14-23-19)24-17-5-3-2-4-6-17/h2-9,11,13-14,24H,10,12H2,1H3,(H2,22,23,25,26). The van der Waals surface area contributed by atoms with Gasteiger partial charge in [0.25, 0.3) is 0 Å². The summed E-state index contributed by atoms with van der Waals surface area (Å²) in [5, 5.41) is 8.81. The summed E-state index contributed by atoms with van der Waals surface area (Å²) in [6, 6.07) is 15.2. The summed E-state index contributed by atoms with van der Waals surface area (Å²) in [5.74, 6) is 0.501. The van der Waals surface area contributed by atoms with Crippen LogP contribution in [-0.2, 0) is 6.42 Å². The van der Waals surface area contributed by atoms with Crippen molar-refractivity contribution in [2.45, 2.75) is 13.3 Å². The topological polar surface area (TPSA) is 78.9 Å². The van der Waals surface area contributed by atoms with Gasteiger partial charge in [-0.05, 0) is 54.8 Å². The molecule has 3 aromatic rings. The number of rotatable bonds is 6. The van der Waals surface area contributed by atoms with Gasteiger partial charge in [-0.2, -0.15) is 0 Å². The highest BCUT2D eigenvalue weighted by Gasteiger charge is 2.04. The zero-order chi connectivity index (χ0) is 18.2. The largest absolute Gasteiger partial charge is 0.354 e. The molecule has 3 rings (SSSR count). The van der Waals surface area contributed by atoms with Gasteiger partial charge in [0.05, 0.1) is 11.9 Å². The summed E-state index contributed by atoms with van der Waals surface area (Å²) in [6.07, 6.45) is 6.03. The molecule has 2 heterocycles. The molecule has 0 radical (unpaired) electrons. The van der Waals surface area contributed by atoms with Crippen LogP contribution in [-0.4, -0.2) is 22.5 Å². The van der Waals surface area contributed by atoms with Crippen LogP contribution in [0.4, 0.5) is 22.0 Å². The molecule has 0 aliphatic rings. The first-order valence-corrected chi connectivity index (χ1v) is 8.43. The van der Waals surface area contributed by atoms with E-state index >= 15 is 0 Å². The van der Waals surface area contributed by atoms with Crippen molar-refractivity contribution in [2.75, 3.05) is 17.2 Å². The highest BCUT2D eigenvalue weighted by Crippen LogP contribution is 2.16. The number of aromatic nitrogens is 2. The smallest absolute Gasteiger partial charge is 0.320 e. The Morgan fingerprint density at radius 1 is 1.00 bits per heavy atom. The van der Waals surface area contributed by atoms with Gasteiger partial charge in [0.2, 0.25) is 0 Å². The molecule has 2 amide bonds. The highest BCUT2D eigenvalue weighted by atomic mass is 16.2. The van der Waals surface area contributed by atoms with Crippen LogP contribution in [0.1, 0.15) is 11.1 Å². The van der Waals surface area contributed by atoms with Gasteiger partial charge in [-0.15, -0.1) is 0 Å². The van der Waals surface area contributed by atoms with Gasteiger partial charge in [0.1, 0.15) is 5.82 Å². The van der Waals surface area contributed by atoms with Crippen molar-refractivity contribution in [1.29, 1.82) is 0 Å². The molecule has 26 heavy (non-hydrogen) atoms. The highest BCUT2D eigenvalue weighted by molar-refractivity contribution is 5.88. The van der Waals surface area contributed by atoms with Crippen LogP contribution in [0.25, 0.3) is 0 Å². The lowest BCUT2D eigenvalue weighted by atomic mass is 10.1. The quantitative estimate of drug-likeness (QED) is 0.632. The molecule has 0 spiro atoms. The zero-order valence-corrected chi connectivity index (χ0v) is 14.6. The third-order valence-electron chi connectivity index (χ3n) is 3.88. The molecule has 0 aliphatic heterocycles. The average molecular weight is 347 g/mol. The molecule has 6 nitrogen and oxygen atoms in total. The van der Waals surface area contributed by atoms with E-state index in [0.717, 1.165) is 23.4 Å². The van der Waals surface area contributed by atoms with E-state index in [0.29, 0.717) is 12.4 Å². The molecule has 1 aromatic carbocycles.